The van der Waals surface area contributed by atoms with Crippen LogP contribution in [0.2, 0.25) is 0 Å². The molecule has 1 aliphatic rings. The number of nitrogens with zero attached hydrogens (tertiary/aromatic N) is 2. The van der Waals surface area contributed by atoms with Gasteiger partial charge in [0, 0.05) is 42.9 Å². The first kappa shape index (κ1) is 20.5. The van der Waals surface area contributed by atoms with Crippen LogP contribution in [-0.2, 0) is 11.3 Å². The van der Waals surface area contributed by atoms with E-state index in [1.165, 1.54) is 24.3 Å². The quantitative estimate of drug-likeness (QED) is 0.617. The molecule has 8 nitrogen and oxygen atoms in total. The number of ether oxygens (including phenoxy) is 1. The summed E-state index contributed by atoms with van der Waals surface area (Å²) in [7, 11) is 0. The monoisotopic (exact) mass is 397 g/mol. The van der Waals surface area contributed by atoms with E-state index in [2.05, 4.69) is 5.32 Å². The number of rotatable bonds is 5. The summed E-state index contributed by atoms with van der Waals surface area (Å²) in [4.78, 5) is 36.8. The lowest BCUT2D eigenvalue weighted by Gasteiger charge is -2.35. The summed E-state index contributed by atoms with van der Waals surface area (Å²) < 4.78 is 5.66. The van der Waals surface area contributed by atoms with Crippen molar-refractivity contribution in [3.8, 4) is 0 Å². The minimum atomic E-state index is -0.511. The second kappa shape index (κ2) is 8.83. The molecule has 0 radical (unpaired) electrons. The van der Waals surface area contributed by atoms with Crippen LogP contribution in [0, 0.1) is 10.1 Å². The summed E-state index contributed by atoms with van der Waals surface area (Å²) in [6.45, 7) is 5.32. The zero-order chi connectivity index (χ0) is 21.0. The molecule has 2 aromatic carbocycles. The Bertz CT molecular complexity index is 886. The highest BCUT2D eigenvalue weighted by Crippen LogP contribution is 2.15. The summed E-state index contributed by atoms with van der Waals surface area (Å²) in [5, 5.41) is 13.4. The Labute approximate surface area is 168 Å². The number of benzene rings is 2. The number of hydrogen-bond donors (Lipinski definition) is 1. The average Bonchev–Trinajstić information content (AvgIpc) is 2.71. The van der Waals surface area contributed by atoms with Crippen LogP contribution >= 0.6 is 0 Å². The van der Waals surface area contributed by atoms with Crippen molar-refractivity contribution in [2.24, 2.45) is 0 Å². The molecule has 2 atom stereocenters. The Morgan fingerprint density at radius 3 is 2.14 bits per heavy atom. The highest BCUT2D eigenvalue weighted by molar-refractivity contribution is 5.95. The van der Waals surface area contributed by atoms with Gasteiger partial charge in [0.25, 0.3) is 17.5 Å². The van der Waals surface area contributed by atoms with Crippen LogP contribution in [0.5, 0.6) is 0 Å². The second-order valence-corrected chi connectivity index (χ2v) is 7.15. The van der Waals surface area contributed by atoms with E-state index in [0.29, 0.717) is 24.2 Å². The van der Waals surface area contributed by atoms with Crippen LogP contribution in [0.25, 0.3) is 0 Å². The van der Waals surface area contributed by atoms with E-state index in [0.717, 1.165) is 5.56 Å². The third kappa shape index (κ3) is 5.17. The zero-order valence-corrected chi connectivity index (χ0v) is 16.3. The number of nitro benzene ring substituents is 1. The molecule has 0 saturated carbocycles. The van der Waals surface area contributed by atoms with Gasteiger partial charge in [-0.2, -0.15) is 0 Å². The number of amides is 2. The minimum Gasteiger partial charge on any atom is -0.372 e. The normalized spacial score (nSPS) is 18.9. The van der Waals surface area contributed by atoms with Gasteiger partial charge in [-0.25, -0.2) is 0 Å². The van der Waals surface area contributed by atoms with E-state index < -0.39 is 4.92 Å². The molecule has 0 aromatic heterocycles. The van der Waals surface area contributed by atoms with Crippen molar-refractivity contribution in [1.29, 1.82) is 0 Å². The summed E-state index contributed by atoms with van der Waals surface area (Å²) in [5.74, 6) is -0.357. The molecule has 0 bridgehead atoms. The Hall–Kier alpha value is -3.26. The van der Waals surface area contributed by atoms with Crippen molar-refractivity contribution in [1.82, 2.24) is 10.2 Å². The SMILES string of the molecule is CC1CN(C(=O)c2ccc(CNC(=O)c3ccc([N+](=O)[O-])cc3)cc2)CC(C)O1. The van der Waals surface area contributed by atoms with Gasteiger partial charge in [0.05, 0.1) is 17.1 Å². The summed E-state index contributed by atoms with van der Waals surface area (Å²) in [6.07, 6.45) is 0.0215. The van der Waals surface area contributed by atoms with Crippen molar-refractivity contribution in [3.05, 3.63) is 75.3 Å². The molecule has 1 heterocycles. The van der Waals surface area contributed by atoms with Crippen LogP contribution in [0.4, 0.5) is 5.69 Å². The largest absolute Gasteiger partial charge is 0.372 e. The number of morpholine rings is 1. The molecule has 1 aliphatic heterocycles. The number of nitro groups is 1. The first-order valence-electron chi connectivity index (χ1n) is 9.40. The molecule has 2 amide bonds. The highest BCUT2D eigenvalue weighted by atomic mass is 16.6. The van der Waals surface area contributed by atoms with Crippen molar-refractivity contribution in [2.45, 2.75) is 32.6 Å². The maximum atomic E-state index is 12.7. The van der Waals surface area contributed by atoms with Crippen LogP contribution in [0.1, 0.15) is 40.1 Å². The highest BCUT2D eigenvalue weighted by Gasteiger charge is 2.26. The first-order chi connectivity index (χ1) is 13.8. The van der Waals surface area contributed by atoms with E-state index in [1.54, 1.807) is 29.2 Å². The van der Waals surface area contributed by atoms with Crippen molar-refractivity contribution < 1.29 is 19.2 Å². The van der Waals surface area contributed by atoms with Gasteiger partial charge >= 0.3 is 0 Å². The number of nitrogens with one attached hydrogen (secondary N) is 1. The molecule has 2 unspecified atom stereocenters. The number of carbonyl (C=O) groups excluding carboxylic acids is 2. The van der Waals surface area contributed by atoms with Crippen molar-refractivity contribution >= 4 is 17.5 Å². The fourth-order valence-electron chi connectivity index (χ4n) is 3.31. The predicted molar refractivity (Wildman–Crippen MR) is 107 cm³/mol. The summed E-state index contributed by atoms with van der Waals surface area (Å²) >= 11 is 0. The van der Waals surface area contributed by atoms with Crippen LogP contribution in [0.15, 0.2) is 48.5 Å². The van der Waals surface area contributed by atoms with E-state index in [1.807, 2.05) is 13.8 Å². The van der Waals surface area contributed by atoms with Crippen molar-refractivity contribution in [2.75, 3.05) is 13.1 Å². The molecule has 152 valence electrons. The third-order valence-electron chi connectivity index (χ3n) is 4.70. The molecule has 1 N–H and O–H groups in total. The molecule has 0 aliphatic carbocycles. The Kier molecular flexibility index (Phi) is 6.23. The number of carbonyl (C=O) groups is 2. The van der Waals surface area contributed by atoms with Crippen LogP contribution in [-0.4, -0.2) is 46.9 Å². The predicted octanol–water partition coefficient (Wildman–Crippen LogP) is 2.77. The number of non-ortho nitro benzene ring substituents is 1. The maximum Gasteiger partial charge on any atom is 0.269 e. The van der Waals surface area contributed by atoms with Gasteiger partial charge in [-0.05, 0) is 43.7 Å². The van der Waals surface area contributed by atoms with E-state index in [9.17, 15) is 19.7 Å². The van der Waals surface area contributed by atoms with Gasteiger partial charge in [0.15, 0.2) is 0 Å². The van der Waals surface area contributed by atoms with Crippen LogP contribution < -0.4 is 5.32 Å². The van der Waals surface area contributed by atoms with E-state index in [-0.39, 0.29) is 36.3 Å². The standard InChI is InChI=1S/C21H23N3O5/c1-14-12-23(13-15(2)29-14)21(26)18-5-3-16(4-6-18)11-22-20(25)17-7-9-19(10-8-17)24(27)28/h3-10,14-15H,11-13H2,1-2H3,(H,22,25). The van der Waals surface area contributed by atoms with E-state index in [4.69, 9.17) is 4.74 Å². The lowest BCUT2D eigenvalue weighted by molar-refractivity contribution is -0.384. The van der Waals surface area contributed by atoms with Gasteiger partial charge in [-0.15, -0.1) is 0 Å². The topological polar surface area (TPSA) is 102 Å². The van der Waals surface area contributed by atoms with Gasteiger partial charge < -0.3 is 15.0 Å². The van der Waals surface area contributed by atoms with E-state index >= 15 is 0 Å². The van der Waals surface area contributed by atoms with Gasteiger partial charge in [-0.1, -0.05) is 12.1 Å². The Morgan fingerprint density at radius 2 is 1.59 bits per heavy atom. The molecule has 3 rings (SSSR count). The fraction of sp³-hybridized carbons (Fsp3) is 0.333. The van der Waals surface area contributed by atoms with Gasteiger partial charge in [-0.3, -0.25) is 19.7 Å². The molecule has 1 fully saturated rings. The Morgan fingerprint density at radius 1 is 1.03 bits per heavy atom. The number of hydrogen-bond acceptors (Lipinski definition) is 5. The fourth-order valence-corrected chi connectivity index (χ4v) is 3.31. The van der Waals surface area contributed by atoms with Crippen molar-refractivity contribution in [3.63, 3.8) is 0 Å². The molecule has 8 heteroatoms. The molecule has 29 heavy (non-hydrogen) atoms. The summed E-state index contributed by atoms with van der Waals surface area (Å²) in [5.41, 5.74) is 1.72. The smallest absolute Gasteiger partial charge is 0.269 e. The molecule has 0 spiro atoms. The lowest BCUT2D eigenvalue weighted by atomic mass is 10.1. The van der Waals surface area contributed by atoms with Crippen LogP contribution in [0.3, 0.4) is 0 Å². The molecule has 1 saturated heterocycles. The maximum absolute atomic E-state index is 12.7. The molecule has 2 aromatic rings. The second-order valence-electron chi connectivity index (χ2n) is 7.15. The van der Waals surface area contributed by atoms with Gasteiger partial charge in [0.1, 0.15) is 0 Å². The summed E-state index contributed by atoms with van der Waals surface area (Å²) in [6, 6.07) is 12.5. The average molecular weight is 397 g/mol. The van der Waals surface area contributed by atoms with Gasteiger partial charge in [0.2, 0.25) is 0 Å². The Balaban J connectivity index is 1.57. The molecular formula is C21H23N3O5. The molecular weight excluding hydrogens is 374 g/mol. The third-order valence-corrected chi connectivity index (χ3v) is 4.70. The minimum absolute atomic E-state index is 0.0107. The zero-order valence-electron chi connectivity index (χ0n) is 16.3. The first-order valence-corrected chi connectivity index (χ1v) is 9.40. The lowest BCUT2D eigenvalue weighted by Crippen LogP contribution is -2.48.